The number of hydrogen-bond acceptors (Lipinski definition) is 4. The lowest BCUT2D eigenvalue weighted by Crippen LogP contribution is -1.98. The number of hydrogen-bond donors (Lipinski definition) is 1. The van der Waals surface area contributed by atoms with Crippen LogP contribution < -0.4 is 4.74 Å². The van der Waals surface area contributed by atoms with Gasteiger partial charge < -0.3 is 9.84 Å². The van der Waals surface area contributed by atoms with Gasteiger partial charge in [-0.05, 0) is 59.3 Å². The van der Waals surface area contributed by atoms with E-state index in [-0.39, 0.29) is 11.3 Å². The zero-order valence-electron chi connectivity index (χ0n) is 10.9. The Labute approximate surface area is 133 Å². The van der Waals surface area contributed by atoms with E-state index in [9.17, 15) is 14.9 Å². The fourth-order valence-electron chi connectivity index (χ4n) is 1.65. The van der Waals surface area contributed by atoms with Crippen molar-refractivity contribution in [3.05, 3.63) is 61.2 Å². The van der Waals surface area contributed by atoms with E-state index in [0.717, 1.165) is 5.56 Å². The minimum absolute atomic E-state index is 0.0833. The SMILES string of the molecule is Cc1ccc([N+](=O)[O-])cc1Oc1cc(C(=O)O)ccc1I. The summed E-state index contributed by atoms with van der Waals surface area (Å²) in [5.41, 5.74) is 0.727. The first-order valence-electron chi connectivity index (χ1n) is 5.84. The van der Waals surface area contributed by atoms with Crippen LogP contribution in [-0.4, -0.2) is 16.0 Å². The molecule has 0 amide bonds. The smallest absolute Gasteiger partial charge is 0.335 e. The highest BCUT2D eigenvalue weighted by Crippen LogP contribution is 2.32. The molecule has 0 spiro atoms. The van der Waals surface area contributed by atoms with Gasteiger partial charge in [-0.3, -0.25) is 10.1 Å². The number of aryl methyl sites for hydroxylation is 1. The highest BCUT2D eigenvalue weighted by Gasteiger charge is 2.13. The number of carboxylic acid groups (broad SMARTS) is 1. The van der Waals surface area contributed by atoms with E-state index < -0.39 is 10.9 Å². The van der Waals surface area contributed by atoms with Crippen molar-refractivity contribution >= 4 is 34.2 Å². The minimum atomic E-state index is -1.06. The second kappa shape index (κ2) is 6.08. The zero-order valence-corrected chi connectivity index (χ0v) is 13.0. The minimum Gasteiger partial charge on any atom is -0.478 e. The fourth-order valence-corrected chi connectivity index (χ4v) is 2.09. The zero-order chi connectivity index (χ0) is 15.6. The largest absolute Gasteiger partial charge is 0.478 e. The van der Waals surface area contributed by atoms with Crippen LogP contribution in [0.4, 0.5) is 5.69 Å². The van der Waals surface area contributed by atoms with E-state index in [4.69, 9.17) is 9.84 Å². The van der Waals surface area contributed by atoms with Crippen molar-refractivity contribution in [2.45, 2.75) is 6.92 Å². The molecule has 0 saturated heterocycles. The Morgan fingerprint density at radius 3 is 2.57 bits per heavy atom. The molecule has 0 aliphatic heterocycles. The Morgan fingerprint density at radius 2 is 1.95 bits per heavy atom. The molecule has 0 aromatic heterocycles. The van der Waals surface area contributed by atoms with Crippen LogP contribution in [0.2, 0.25) is 0 Å². The number of benzene rings is 2. The van der Waals surface area contributed by atoms with E-state index in [0.29, 0.717) is 15.1 Å². The highest BCUT2D eigenvalue weighted by atomic mass is 127. The van der Waals surface area contributed by atoms with Crippen LogP contribution in [0, 0.1) is 20.6 Å². The first kappa shape index (κ1) is 15.2. The predicted molar refractivity (Wildman–Crippen MR) is 84.0 cm³/mol. The van der Waals surface area contributed by atoms with Gasteiger partial charge in [0.1, 0.15) is 11.5 Å². The maximum Gasteiger partial charge on any atom is 0.335 e. The van der Waals surface area contributed by atoms with Gasteiger partial charge in [0.2, 0.25) is 0 Å². The molecule has 2 aromatic carbocycles. The van der Waals surface area contributed by atoms with Crippen molar-refractivity contribution in [2.24, 2.45) is 0 Å². The monoisotopic (exact) mass is 399 g/mol. The standard InChI is InChI=1S/C14H10INO5/c1-8-2-4-10(16(19)20)7-12(8)21-13-6-9(14(17)18)3-5-11(13)15/h2-7H,1H3,(H,17,18). The van der Waals surface area contributed by atoms with Gasteiger partial charge in [-0.15, -0.1) is 0 Å². The fraction of sp³-hybridized carbons (Fsp3) is 0.0714. The summed E-state index contributed by atoms with van der Waals surface area (Å²) in [6, 6.07) is 8.77. The second-order valence-corrected chi connectivity index (χ2v) is 5.42. The van der Waals surface area contributed by atoms with Crippen LogP contribution in [0.25, 0.3) is 0 Å². The number of ether oxygens (including phenoxy) is 1. The number of nitro benzene ring substituents is 1. The van der Waals surface area contributed by atoms with Crippen molar-refractivity contribution in [1.29, 1.82) is 0 Å². The molecule has 6 nitrogen and oxygen atoms in total. The lowest BCUT2D eigenvalue weighted by molar-refractivity contribution is -0.384. The third-order valence-corrected chi connectivity index (χ3v) is 3.67. The van der Waals surface area contributed by atoms with Crippen molar-refractivity contribution in [2.75, 3.05) is 0 Å². The van der Waals surface area contributed by atoms with Gasteiger partial charge in [-0.1, -0.05) is 0 Å². The summed E-state index contributed by atoms with van der Waals surface area (Å²) in [5, 5.41) is 19.8. The number of rotatable bonds is 4. The second-order valence-electron chi connectivity index (χ2n) is 4.26. The molecule has 0 saturated carbocycles. The Kier molecular flexibility index (Phi) is 4.41. The Morgan fingerprint density at radius 1 is 1.24 bits per heavy atom. The lowest BCUT2D eigenvalue weighted by atomic mass is 10.2. The topological polar surface area (TPSA) is 89.7 Å². The van der Waals surface area contributed by atoms with Crippen molar-refractivity contribution < 1.29 is 19.6 Å². The molecule has 2 rings (SSSR count). The van der Waals surface area contributed by atoms with Crippen LogP contribution in [-0.2, 0) is 0 Å². The summed E-state index contributed by atoms with van der Waals surface area (Å²) in [4.78, 5) is 21.3. The van der Waals surface area contributed by atoms with Crippen LogP contribution in [0.3, 0.4) is 0 Å². The Hall–Kier alpha value is -2.16. The third-order valence-electron chi connectivity index (χ3n) is 2.78. The van der Waals surface area contributed by atoms with Crippen LogP contribution in [0.1, 0.15) is 15.9 Å². The summed E-state index contributed by atoms with van der Waals surface area (Å²) in [5.74, 6) is -0.393. The molecule has 0 aliphatic carbocycles. The molecule has 21 heavy (non-hydrogen) atoms. The molecular formula is C14H10INO5. The summed E-state index contributed by atoms with van der Waals surface area (Å²) in [6.07, 6.45) is 0. The number of carboxylic acids is 1. The predicted octanol–water partition coefficient (Wildman–Crippen LogP) is 4.00. The Bertz CT molecular complexity index is 668. The molecule has 108 valence electrons. The van der Waals surface area contributed by atoms with Crippen molar-refractivity contribution in [1.82, 2.24) is 0 Å². The van der Waals surface area contributed by atoms with Gasteiger partial charge in [0.25, 0.3) is 5.69 Å². The van der Waals surface area contributed by atoms with Gasteiger partial charge in [-0.2, -0.15) is 0 Å². The number of aromatic carboxylic acids is 1. The van der Waals surface area contributed by atoms with Crippen LogP contribution in [0.15, 0.2) is 36.4 Å². The first-order chi connectivity index (χ1) is 9.88. The molecule has 1 N–H and O–H groups in total. The molecule has 0 unspecified atom stereocenters. The number of non-ortho nitro benzene ring substituents is 1. The van der Waals surface area contributed by atoms with E-state index in [2.05, 4.69) is 0 Å². The molecule has 0 radical (unpaired) electrons. The third kappa shape index (κ3) is 3.48. The molecule has 0 bridgehead atoms. The quantitative estimate of drug-likeness (QED) is 0.477. The average Bonchev–Trinajstić information content (AvgIpc) is 2.43. The van der Waals surface area contributed by atoms with E-state index in [1.54, 1.807) is 19.1 Å². The van der Waals surface area contributed by atoms with Crippen molar-refractivity contribution in [3.8, 4) is 11.5 Å². The summed E-state index contributed by atoms with van der Waals surface area (Å²) in [7, 11) is 0. The van der Waals surface area contributed by atoms with E-state index in [1.165, 1.54) is 24.3 Å². The first-order valence-corrected chi connectivity index (χ1v) is 6.92. The summed E-state index contributed by atoms with van der Waals surface area (Å²) >= 11 is 2.01. The average molecular weight is 399 g/mol. The van der Waals surface area contributed by atoms with Gasteiger partial charge in [0.05, 0.1) is 20.1 Å². The maximum absolute atomic E-state index is 11.0. The maximum atomic E-state index is 11.0. The number of carbonyl (C=O) groups is 1. The van der Waals surface area contributed by atoms with Crippen molar-refractivity contribution in [3.63, 3.8) is 0 Å². The number of nitro groups is 1. The molecule has 0 aliphatic rings. The lowest BCUT2D eigenvalue weighted by Gasteiger charge is -2.10. The van der Waals surface area contributed by atoms with E-state index >= 15 is 0 Å². The van der Waals surface area contributed by atoms with Gasteiger partial charge in [0.15, 0.2) is 0 Å². The van der Waals surface area contributed by atoms with Gasteiger partial charge >= 0.3 is 5.97 Å². The number of halogens is 1. The van der Waals surface area contributed by atoms with Crippen LogP contribution in [0.5, 0.6) is 11.5 Å². The van der Waals surface area contributed by atoms with Crippen LogP contribution >= 0.6 is 22.6 Å². The summed E-state index contributed by atoms with van der Waals surface area (Å²) < 4.78 is 6.36. The van der Waals surface area contributed by atoms with Gasteiger partial charge in [0, 0.05) is 6.07 Å². The molecule has 0 atom stereocenters. The molecule has 2 aromatic rings. The number of nitrogens with zero attached hydrogens (tertiary/aromatic N) is 1. The molecule has 0 fully saturated rings. The molecule has 7 heteroatoms. The normalized spacial score (nSPS) is 10.2. The molecule has 0 heterocycles. The molecular weight excluding hydrogens is 389 g/mol. The summed E-state index contributed by atoms with van der Waals surface area (Å²) in [6.45, 7) is 1.76. The highest BCUT2D eigenvalue weighted by molar-refractivity contribution is 14.1. The van der Waals surface area contributed by atoms with Gasteiger partial charge in [-0.25, -0.2) is 4.79 Å². The van der Waals surface area contributed by atoms with E-state index in [1.807, 2.05) is 22.6 Å². The Balaban J connectivity index is 2.42.